The van der Waals surface area contributed by atoms with Gasteiger partial charge in [-0.1, -0.05) is 6.07 Å². The highest BCUT2D eigenvalue weighted by Crippen LogP contribution is 2.34. The lowest BCUT2D eigenvalue weighted by Crippen LogP contribution is -2.55. The number of primary amides is 1. The van der Waals surface area contributed by atoms with Gasteiger partial charge in [0.2, 0.25) is 5.91 Å². The largest absolute Gasteiger partial charge is 0.497 e. The topological polar surface area (TPSA) is 110 Å². The first-order chi connectivity index (χ1) is 15.5. The van der Waals surface area contributed by atoms with E-state index in [1.165, 1.54) is 0 Å². The molecule has 2 amide bonds. The van der Waals surface area contributed by atoms with Crippen molar-refractivity contribution >= 4 is 23.3 Å². The molecule has 0 bridgehead atoms. The maximum atomic E-state index is 13.5. The molecule has 0 aliphatic carbocycles. The summed E-state index contributed by atoms with van der Waals surface area (Å²) >= 11 is 0. The van der Waals surface area contributed by atoms with Gasteiger partial charge in [0.1, 0.15) is 17.0 Å². The molecule has 4 rings (SSSR count). The molecule has 3 N–H and O–H groups in total. The molecule has 0 spiro atoms. The number of pyridine rings is 2. The van der Waals surface area contributed by atoms with Crippen molar-refractivity contribution in [2.24, 2.45) is 5.73 Å². The Balaban J connectivity index is 1.61. The zero-order valence-corrected chi connectivity index (χ0v) is 17.8. The van der Waals surface area contributed by atoms with E-state index < -0.39 is 11.3 Å². The molecule has 164 valence electrons. The highest BCUT2D eigenvalue weighted by Gasteiger charge is 2.45. The van der Waals surface area contributed by atoms with E-state index in [4.69, 9.17) is 10.5 Å². The second-order valence-electron chi connectivity index (χ2n) is 7.74. The Morgan fingerprint density at radius 1 is 1.06 bits per heavy atom. The minimum atomic E-state index is -1.01. The molecule has 2 aromatic heterocycles. The van der Waals surface area contributed by atoms with Crippen LogP contribution in [0.2, 0.25) is 0 Å². The fraction of sp³-hybridized carbons (Fsp3) is 0.250. The summed E-state index contributed by atoms with van der Waals surface area (Å²) in [4.78, 5) is 36.5. The van der Waals surface area contributed by atoms with Gasteiger partial charge in [-0.3, -0.25) is 14.6 Å². The number of ether oxygens (including phenoxy) is 1. The Labute approximate surface area is 186 Å². The number of piperidine rings is 1. The van der Waals surface area contributed by atoms with Crippen molar-refractivity contribution in [3.63, 3.8) is 0 Å². The van der Waals surface area contributed by atoms with Crippen LogP contribution in [0.4, 0.5) is 11.5 Å². The third kappa shape index (κ3) is 4.12. The van der Waals surface area contributed by atoms with Crippen LogP contribution in [0.5, 0.6) is 5.75 Å². The maximum absolute atomic E-state index is 13.5. The monoisotopic (exact) mass is 431 g/mol. The lowest BCUT2D eigenvalue weighted by molar-refractivity contribution is -0.125. The standard InChI is InChI=1S/C24H25N5O3/c1-32-18-10-8-17(9-11-18)28-21-19(6-4-14-27-21)22(30)29-15-5-12-24(16-29,23(25)31)20-7-2-3-13-26-20/h2-4,6-11,13-14H,5,12,15-16H2,1H3,(H2,25,31)(H,27,28). The van der Waals surface area contributed by atoms with Gasteiger partial charge in [0, 0.05) is 31.2 Å². The van der Waals surface area contributed by atoms with E-state index in [1.54, 1.807) is 48.7 Å². The smallest absolute Gasteiger partial charge is 0.257 e. The normalized spacial score (nSPS) is 18.1. The molecule has 1 saturated heterocycles. The Hall–Kier alpha value is -3.94. The van der Waals surface area contributed by atoms with Crippen molar-refractivity contribution < 1.29 is 14.3 Å². The summed E-state index contributed by atoms with van der Waals surface area (Å²) in [5.41, 5.74) is 6.61. The van der Waals surface area contributed by atoms with Gasteiger partial charge >= 0.3 is 0 Å². The summed E-state index contributed by atoms with van der Waals surface area (Å²) in [6.45, 7) is 0.701. The highest BCUT2D eigenvalue weighted by atomic mass is 16.5. The third-order valence-corrected chi connectivity index (χ3v) is 5.80. The Morgan fingerprint density at radius 3 is 2.53 bits per heavy atom. The van der Waals surface area contributed by atoms with Crippen LogP contribution >= 0.6 is 0 Å². The minimum absolute atomic E-state index is 0.176. The van der Waals surface area contributed by atoms with Crippen LogP contribution < -0.4 is 15.8 Å². The van der Waals surface area contributed by atoms with Gasteiger partial charge in [0.05, 0.1) is 18.4 Å². The van der Waals surface area contributed by atoms with Crippen molar-refractivity contribution in [2.75, 3.05) is 25.5 Å². The average molecular weight is 431 g/mol. The van der Waals surface area contributed by atoms with Gasteiger partial charge in [-0.25, -0.2) is 4.98 Å². The predicted molar refractivity (Wildman–Crippen MR) is 121 cm³/mol. The summed E-state index contributed by atoms with van der Waals surface area (Å²) in [6, 6.07) is 16.2. The number of hydrogen-bond acceptors (Lipinski definition) is 6. The molecule has 1 aliphatic rings. The van der Waals surface area contributed by atoms with Gasteiger partial charge < -0.3 is 20.7 Å². The number of methoxy groups -OCH3 is 1. The molecular formula is C24H25N5O3. The van der Waals surface area contributed by atoms with Crippen LogP contribution in [0, 0.1) is 0 Å². The van der Waals surface area contributed by atoms with Gasteiger partial charge in [0.15, 0.2) is 0 Å². The highest BCUT2D eigenvalue weighted by molar-refractivity contribution is 6.00. The Bertz CT molecular complexity index is 1100. The van der Waals surface area contributed by atoms with Crippen LogP contribution in [0.3, 0.4) is 0 Å². The molecule has 1 aliphatic heterocycles. The molecule has 3 aromatic rings. The zero-order valence-electron chi connectivity index (χ0n) is 17.8. The summed E-state index contributed by atoms with van der Waals surface area (Å²) in [7, 11) is 1.60. The number of anilines is 2. The predicted octanol–water partition coefficient (Wildman–Crippen LogP) is 2.89. The number of benzene rings is 1. The number of nitrogens with two attached hydrogens (primary N) is 1. The Morgan fingerprint density at radius 2 is 1.84 bits per heavy atom. The number of carbonyl (C=O) groups is 2. The summed E-state index contributed by atoms with van der Waals surface area (Å²) in [6.07, 6.45) is 4.46. The summed E-state index contributed by atoms with van der Waals surface area (Å²) in [5.74, 6) is 0.487. The first-order valence-corrected chi connectivity index (χ1v) is 10.4. The maximum Gasteiger partial charge on any atom is 0.257 e. The van der Waals surface area contributed by atoms with Crippen molar-refractivity contribution in [3.05, 3.63) is 78.2 Å². The van der Waals surface area contributed by atoms with E-state index in [0.29, 0.717) is 36.5 Å². The molecule has 1 fully saturated rings. The van der Waals surface area contributed by atoms with Crippen LogP contribution in [-0.2, 0) is 10.2 Å². The first kappa shape index (κ1) is 21.3. The summed E-state index contributed by atoms with van der Waals surface area (Å²) < 4.78 is 5.19. The fourth-order valence-electron chi connectivity index (χ4n) is 4.07. The van der Waals surface area contributed by atoms with Crippen molar-refractivity contribution in [1.82, 2.24) is 14.9 Å². The number of likely N-dealkylation sites (tertiary alicyclic amines) is 1. The number of nitrogens with one attached hydrogen (secondary N) is 1. The second kappa shape index (κ2) is 9.05. The summed E-state index contributed by atoms with van der Waals surface area (Å²) in [5, 5.41) is 3.20. The van der Waals surface area contributed by atoms with E-state index in [-0.39, 0.29) is 12.5 Å². The first-order valence-electron chi connectivity index (χ1n) is 10.4. The van der Waals surface area contributed by atoms with Crippen molar-refractivity contribution in [3.8, 4) is 5.75 Å². The number of hydrogen-bond donors (Lipinski definition) is 2. The number of nitrogens with zero attached hydrogens (tertiary/aromatic N) is 3. The molecular weight excluding hydrogens is 406 g/mol. The van der Waals surface area contributed by atoms with E-state index in [0.717, 1.165) is 11.4 Å². The van der Waals surface area contributed by atoms with Gasteiger partial charge in [-0.15, -0.1) is 0 Å². The molecule has 32 heavy (non-hydrogen) atoms. The van der Waals surface area contributed by atoms with E-state index in [9.17, 15) is 9.59 Å². The molecule has 3 heterocycles. The lowest BCUT2D eigenvalue weighted by Gasteiger charge is -2.40. The molecule has 1 atom stereocenters. The van der Waals surface area contributed by atoms with Gasteiger partial charge in [0.25, 0.3) is 5.91 Å². The van der Waals surface area contributed by atoms with Gasteiger partial charge in [-0.05, 0) is 61.4 Å². The third-order valence-electron chi connectivity index (χ3n) is 5.80. The number of carbonyl (C=O) groups excluding carboxylic acids is 2. The lowest BCUT2D eigenvalue weighted by atomic mass is 9.76. The quantitative estimate of drug-likeness (QED) is 0.621. The number of aromatic nitrogens is 2. The average Bonchev–Trinajstić information content (AvgIpc) is 2.85. The van der Waals surface area contributed by atoms with Crippen LogP contribution in [0.1, 0.15) is 28.9 Å². The second-order valence-corrected chi connectivity index (χ2v) is 7.74. The van der Waals surface area contributed by atoms with Gasteiger partial charge in [-0.2, -0.15) is 0 Å². The SMILES string of the molecule is COc1ccc(Nc2ncccc2C(=O)N2CCCC(C(N)=O)(c3ccccn3)C2)cc1. The molecule has 0 radical (unpaired) electrons. The Kier molecular flexibility index (Phi) is 6.02. The van der Waals surface area contributed by atoms with E-state index >= 15 is 0 Å². The fourth-order valence-corrected chi connectivity index (χ4v) is 4.07. The molecule has 1 unspecified atom stereocenters. The number of amides is 2. The van der Waals surface area contributed by atoms with Crippen molar-refractivity contribution in [1.29, 1.82) is 0 Å². The minimum Gasteiger partial charge on any atom is -0.497 e. The van der Waals surface area contributed by atoms with Crippen LogP contribution in [0.25, 0.3) is 0 Å². The zero-order chi connectivity index (χ0) is 22.6. The number of rotatable bonds is 6. The molecule has 8 nitrogen and oxygen atoms in total. The van der Waals surface area contributed by atoms with Crippen LogP contribution in [0.15, 0.2) is 67.0 Å². The van der Waals surface area contributed by atoms with Crippen molar-refractivity contribution in [2.45, 2.75) is 18.3 Å². The molecule has 8 heteroatoms. The molecule has 0 saturated carbocycles. The van der Waals surface area contributed by atoms with E-state index in [1.807, 2.05) is 30.3 Å². The van der Waals surface area contributed by atoms with E-state index in [2.05, 4.69) is 15.3 Å². The molecule has 1 aromatic carbocycles. The van der Waals surface area contributed by atoms with Crippen LogP contribution in [-0.4, -0.2) is 46.9 Å².